The molecule has 1 saturated heterocycles. The molecule has 11 heteroatoms. The van der Waals surface area contributed by atoms with Crippen LogP contribution in [0, 0.1) is 11.8 Å². The molecule has 0 aliphatic carbocycles. The van der Waals surface area contributed by atoms with Gasteiger partial charge in [0.1, 0.15) is 18.2 Å². The number of anilines is 1. The van der Waals surface area contributed by atoms with E-state index in [9.17, 15) is 22.0 Å². The van der Waals surface area contributed by atoms with Crippen LogP contribution in [0.3, 0.4) is 0 Å². The second-order valence-corrected chi connectivity index (χ2v) is 10.3. The van der Waals surface area contributed by atoms with E-state index in [4.69, 9.17) is 4.74 Å². The fourth-order valence-corrected chi connectivity index (χ4v) is 5.76. The number of halogens is 2. The van der Waals surface area contributed by atoms with Crippen molar-refractivity contribution >= 4 is 21.6 Å². The molecule has 0 unspecified atom stereocenters. The Kier molecular flexibility index (Phi) is 6.22. The molecule has 0 radical (unpaired) electrons. The van der Waals surface area contributed by atoms with Crippen molar-refractivity contribution in [2.75, 3.05) is 38.1 Å². The molecule has 3 heterocycles. The van der Waals surface area contributed by atoms with Crippen LogP contribution in [-0.2, 0) is 14.8 Å². The number of aromatic nitrogens is 1. The quantitative estimate of drug-likeness (QED) is 0.556. The van der Waals surface area contributed by atoms with E-state index in [-0.39, 0.29) is 43.1 Å². The Balaban J connectivity index is 1.39. The summed E-state index contributed by atoms with van der Waals surface area (Å²) in [4.78, 5) is 18.3. The minimum absolute atomic E-state index is 0.00888. The molecule has 1 N–H and O–H groups in total. The molecule has 0 bridgehead atoms. The second kappa shape index (κ2) is 9.33. The third kappa shape index (κ3) is 4.75. The number of pyridine rings is 1. The highest BCUT2D eigenvalue weighted by Gasteiger charge is 2.36. The standard InChI is InChI=1S/C24H22F2N4O4S/c25-17-4-6-19(7-5-17)35(32,33)30-11-10-29-14-23(31)28-21-12-16(20-2-1-9-27-24(20)26)3-8-22(21)34-15-18(29)13-30/h1-9,12,18H,10-11,13-15H2,(H,28,31)/t18-/m1/s1. The number of fused-ring (bicyclic) bond motifs is 2. The van der Waals surface area contributed by atoms with Crippen LogP contribution in [0.15, 0.2) is 65.7 Å². The van der Waals surface area contributed by atoms with Crippen molar-refractivity contribution in [1.82, 2.24) is 14.2 Å². The van der Waals surface area contributed by atoms with E-state index in [2.05, 4.69) is 10.3 Å². The van der Waals surface area contributed by atoms with Crippen molar-refractivity contribution in [2.45, 2.75) is 10.9 Å². The molecule has 2 aliphatic rings. The number of piperazine rings is 1. The monoisotopic (exact) mass is 500 g/mol. The van der Waals surface area contributed by atoms with Crippen molar-refractivity contribution in [3.63, 3.8) is 0 Å². The van der Waals surface area contributed by atoms with Gasteiger partial charge in [-0.25, -0.2) is 17.8 Å². The highest BCUT2D eigenvalue weighted by atomic mass is 32.2. The molecule has 1 amide bonds. The third-order valence-electron chi connectivity index (χ3n) is 6.12. The van der Waals surface area contributed by atoms with Crippen molar-refractivity contribution in [1.29, 1.82) is 0 Å². The van der Waals surface area contributed by atoms with Gasteiger partial charge in [0.05, 0.1) is 23.2 Å². The van der Waals surface area contributed by atoms with Crippen LogP contribution in [0.2, 0.25) is 0 Å². The van der Waals surface area contributed by atoms with E-state index in [1.165, 1.54) is 22.6 Å². The molecule has 1 atom stereocenters. The van der Waals surface area contributed by atoms with Gasteiger partial charge in [-0.2, -0.15) is 8.70 Å². The first-order chi connectivity index (χ1) is 16.8. The van der Waals surface area contributed by atoms with E-state index in [1.807, 2.05) is 4.90 Å². The molecule has 0 saturated carbocycles. The number of hydrogen-bond acceptors (Lipinski definition) is 6. The smallest absolute Gasteiger partial charge is 0.243 e. The topological polar surface area (TPSA) is 91.8 Å². The summed E-state index contributed by atoms with van der Waals surface area (Å²) in [6.45, 7) is 0.800. The van der Waals surface area contributed by atoms with Gasteiger partial charge < -0.3 is 10.1 Å². The zero-order chi connectivity index (χ0) is 24.6. The van der Waals surface area contributed by atoms with E-state index in [1.54, 1.807) is 30.3 Å². The highest BCUT2D eigenvalue weighted by Crippen LogP contribution is 2.33. The van der Waals surface area contributed by atoms with Gasteiger partial charge in [0.2, 0.25) is 21.9 Å². The van der Waals surface area contributed by atoms with E-state index >= 15 is 0 Å². The minimum atomic E-state index is -3.83. The number of hydrogen-bond donors (Lipinski definition) is 1. The van der Waals surface area contributed by atoms with Crippen LogP contribution < -0.4 is 10.1 Å². The Hall–Kier alpha value is -3.41. The normalized spacial score (nSPS) is 19.4. The molecule has 5 rings (SSSR count). The molecule has 1 aromatic heterocycles. The molecular weight excluding hydrogens is 478 g/mol. The van der Waals surface area contributed by atoms with Crippen molar-refractivity contribution in [3.8, 4) is 16.9 Å². The van der Waals surface area contributed by atoms with Crippen LogP contribution in [0.25, 0.3) is 11.1 Å². The summed E-state index contributed by atoms with van der Waals surface area (Å²) in [5.41, 5.74) is 1.22. The molecule has 182 valence electrons. The number of carbonyl (C=O) groups is 1. The Labute approximate surface area is 201 Å². The van der Waals surface area contributed by atoms with Gasteiger partial charge in [0.15, 0.2) is 0 Å². The average molecular weight is 501 g/mol. The summed E-state index contributed by atoms with van der Waals surface area (Å²) in [7, 11) is -3.83. The number of nitrogens with one attached hydrogen (secondary N) is 1. The lowest BCUT2D eigenvalue weighted by Gasteiger charge is -2.39. The van der Waals surface area contributed by atoms with Gasteiger partial charge >= 0.3 is 0 Å². The van der Waals surface area contributed by atoms with Gasteiger partial charge in [0.25, 0.3) is 0 Å². The van der Waals surface area contributed by atoms with Crippen molar-refractivity contribution in [3.05, 3.63) is 72.6 Å². The van der Waals surface area contributed by atoms with Crippen molar-refractivity contribution < 1.29 is 26.7 Å². The largest absolute Gasteiger partial charge is 0.490 e. The maximum atomic E-state index is 14.2. The zero-order valence-electron chi connectivity index (χ0n) is 18.5. The summed E-state index contributed by atoms with van der Waals surface area (Å²) >= 11 is 0. The number of benzene rings is 2. The second-order valence-electron chi connectivity index (χ2n) is 8.35. The maximum Gasteiger partial charge on any atom is 0.243 e. The van der Waals surface area contributed by atoms with E-state index in [0.717, 1.165) is 12.1 Å². The zero-order valence-corrected chi connectivity index (χ0v) is 19.3. The van der Waals surface area contributed by atoms with E-state index in [0.29, 0.717) is 29.1 Å². The number of nitrogens with zero attached hydrogens (tertiary/aromatic N) is 3. The Bertz CT molecular complexity index is 1370. The molecule has 2 aromatic carbocycles. The molecule has 35 heavy (non-hydrogen) atoms. The fraction of sp³-hybridized carbons (Fsp3) is 0.250. The molecular formula is C24H22F2N4O4S. The van der Waals surface area contributed by atoms with Crippen LogP contribution in [0.4, 0.5) is 14.5 Å². The number of sulfonamides is 1. The van der Waals surface area contributed by atoms with Gasteiger partial charge in [0, 0.05) is 31.4 Å². The number of carbonyl (C=O) groups excluding carboxylic acids is 1. The predicted molar refractivity (Wildman–Crippen MR) is 124 cm³/mol. The van der Waals surface area contributed by atoms with Gasteiger partial charge in [-0.15, -0.1) is 0 Å². The summed E-state index contributed by atoms with van der Waals surface area (Å²) in [6.07, 6.45) is 1.36. The Morgan fingerprint density at radius 3 is 2.63 bits per heavy atom. The number of amides is 1. The van der Waals surface area contributed by atoms with E-state index < -0.39 is 21.8 Å². The Morgan fingerprint density at radius 2 is 1.86 bits per heavy atom. The summed E-state index contributed by atoms with van der Waals surface area (Å²) in [5.74, 6) is -1.04. The first-order valence-corrected chi connectivity index (χ1v) is 12.4. The SMILES string of the molecule is O=C1CN2CCN(S(=O)(=O)c3ccc(F)cc3)C[C@@H]2COc2ccc(-c3cccnc3F)cc2N1. The maximum absolute atomic E-state index is 14.2. The molecule has 0 spiro atoms. The van der Waals surface area contributed by atoms with Gasteiger partial charge in [-0.1, -0.05) is 6.07 Å². The van der Waals surface area contributed by atoms with Crippen LogP contribution in [0.5, 0.6) is 5.75 Å². The number of rotatable bonds is 3. The third-order valence-corrected chi connectivity index (χ3v) is 8.00. The van der Waals surface area contributed by atoms with Crippen LogP contribution in [-0.4, -0.2) is 67.3 Å². The fourth-order valence-electron chi connectivity index (χ4n) is 4.29. The molecule has 3 aromatic rings. The average Bonchev–Trinajstić information content (AvgIpc) is 2.90. The summed E-state index contributed by atoms with van der Waals surface area (Å²) in [6, 6.07) is 12.5. The van der Waals surface area contributed by atoms with Gasteiger partial charge in [-0.3, -0.25) is 9.69 Å². The summed E-state index contributed by atoms with van der Waals surface area (Å²) in [5, 5.41) is 2.82. The lowest BCUT2D eigenvalue weighted by molar-refractivity contribution is -0.118. The highest BCUT2D eigenvalue weighted by molar-refractivity contribution is 7.89. The van der Waals surface area contributed by atoms with Crippen molar-refractivity contribution in [2.24, 2.45) is 0 Å². The van der Waals surface area contributed by atoms with Crippen LogP contribution >= 0.6 is 0 Å². The minimum Gasteiger partial charge on any atom is -0.490 e. The summed E-state index contributed by atoms with van der Waals surface area (Å²) < 4.78 is 60.9. The Morgan fingerprint density at radius 1 is 1.06 bits per heavy atom. The van der Waals surface area contributed by atoms with Crippen LogP contribution in [0.1, 0.15) is 0 Å². The lowest BCUT2D eigenvalue weighted by Crippen LogP contribution is -2.57. The molecule has 8 nitrogen and oxygen atoms in total. The molecule has 1 fully saturated rings. The molecule has 2 aliphatic heterocycles. The first kappa shape index (κ1) is 23.3. The van der Waals surface area contributed by atoms with Gasteiger partial charge in [-0.05, 0) is 54.1 Å². The lowest BCUT2D eigenvalue weighted by atomic mass is 10.1. The predicted octanol–water partition coefficient (Wildman–Crippen LogP) is 2.73. The number of ether oxygens (including phenoxy) is 1. The first-order valence-electron chi connectivity index (χ1n) is 11.0.